The topological polar surface area (TPSA) is 89.8 Å². The van der Waals surface area contributed by atoms with Crippen LogP contribution in [-0.4, -0.2) is 46.1 Å². The third-order valence-corrected chi connectivity index (χ3v) is 16.0. The van der Waals surface area contributed by atoms with Crippen LogP contribution in [0.1, 0.15) is 380 Å². The fourth-order valence-corrected chi connectivity index (χ4v) is 10.9. The number of hydrogen-bond acceptors (Lipinski definition) is 4. The minimum atomic E-state index is -1.17. The second kappa shape index (κ2) is 63.4. The van der Waals surface area contributed by atoms with Crippen molar-refractivity contribution in [2.75, 3.05) is 6.61 Å². The van der Waals surface area contributed by atoms with Gasteiger partial charge in [0.15, 0.2) is 0 Å². The summed E-state index contributed by atoms with van der Waals surface area (Å²) in [6.07, 6.45) is 82.5. The summed E-state index contributed by atoms with van der Waals surface area (Å²) in [6, 6.07) is -0.831. The molecule has 0 rings (SSSR count). The predicted octanol–water partition coefficient (Wildman–Crippen LogP) is 21.6. The Hall–Kier alpha value is -1.17. The molecule has 0 saturated heterocycles. The van der Waals surface area contributed by atoms with Gasteiger partial charge in [0.05, 0.1) is 18.8 Å². The third kappa shape index (κ3) is 58.4. The van der Waals surface area contributed by atoms with Crippen molar-refractivity contribution in [3.8, 4) is 0 Å². The summed E-state index contributed by atoms with van der Waals surface area (Å²) in [6.45, 7) is 4.21. The van der Waals surface area contributed by atoms with Gasteiger partial charge in [-0.15, -0.1) is 0 Å². The van der Waals surface area contributed by atoms with Gasteiger partial charge in [0.1, 0.15) is 6.10 Å². The molecule has 0 fully saturated rings. The minimum Gasteiger partial charge on any atom is -0.394 e. The van der Waals surface area contributed by atoms with Crippen LogP contribution in [0.3, 0.4) is 0 Å². The first-order valence-electron chi connectivity index (χ1n) is 33.6. The molecule has 0 aliphatic rings. The maximum absolute atomic E-state index is 12.6. The Balaban J connectivity index is 3.46. The summed E-state index contributed by atoms with van der Waals surface area (Å²) in [5.41, 5.74) is 0. The molecule has 1 amide bonds. The molecule has 0 bridgehead atoms. The van der Waals surface area contributed by atoms with Crippen LogP contribution in [0.2, 0.25) is 0 Å². The molecule has 0 aliphatic heterocycles. The highest BCUT2D eigenvalue weighted by Gasteiger charge is 2.26. The van der Waals surface area contributed by atoms with Gasteiger partial charge in [-0.05, 0) is 51.4 Å². The van der Waals surface area contributed by atoms with Crippen LogP contribution in [0.25, 0.3) is 0 Å². The van der Waals surface area contributed by atoms with Gasteiger partial charge in [-0.3, -0.25) is 4.79 Å². The number of rotatable bonds is 63. The van der Waals surface area contributed by atoms with Crippen molar-refractivity contribution >= 4 is 5.91 Å². The monoisotopic (exact) mass is 1030 g/mol. The number of nitrogens with one attached hydrogen (secondary N) is 1. The number of hydrogen-bond donors (Lipinski definition) is 4. The lowest BCUT2D eigenvalue weighted by Gasteiger charge is -2.26. The second-order valence-electron chi connectivity index (χ2n) is 23.4. The Kier molecular flexibility index (Phi) is 62.3. The summed E-state index contributed by atoms with van der Waals surface area (Å²) < 4.78 is 0. The molecule has 0 heterocycles. The molecular weight excluding hydrogens is 895 g/mol. The quantitative estimate of drug-likeness (QED) is 0.0361. The highest BCUT2D eigenvalue weighted by atomic mass is 16.3. The fraction of sp³-hybridized carbons (Fsp3) is 0.926. The molecule has 73 heavy (non-hydrogen) atoms. The van der Waals surface area contributed by atoms with Gasteiger partial charge in [0.2, 0.25) is 5.91 Å². The van der Waals surface area contributed by atoms with E-state index < -0.39 is 18.2 Å². The number of amides is 1. The van der Waals surface area contributed by atoms with E-state index in [4.69, 9.17) is 0 Å². The molecule has 0 radical (unpaired) electrons. The van der Waals surface area contributed by atoms with E-state index in [0.29, 0.717) is 12.8 Å². The van der Waals surface area contributed by atoms with Crippen molar-refractivity contribution in [3.05, 3.63) is 24.3 Å². The van der Waals surface area contributed by atoms with Crippen molar-refractivity contribution in [1.29, 1.82) is 0 Å². The van der Waals surface area contributed by atoms with Crippen molar-refractivity contribution in [2.45, 2.75) is 398 Å². The highest BCUT2D eigenvalue weighted by molar-refractivity contribution is 5.76. The summed E-state index contributed by atoms with van der Waals surface area (Å²) >= 11 is 0. The largest absolute Gasteiger partial charge is 0.394 e. The Morgan fingerprint density at radius 2 is 0.562 bits per heavy atom. The van der Waals surface area contributed by atoms with E-state index in [9.17, 15) is 20.1 Å². The highest BCUT2D eigenvalue weighted by Crippen LogP contribution is 2.19. The Morgan fingerprint density at radius 3 is 0.836 bits per heavy atom. The van der Waals surface area contributed by atoms with Gasteiger partial charge in [0.25, 0.3) is 0 Å². The van der Waals surface area contributed by atoms with Crippen molar-refractivity contribution in [1.82, 2.24) is 5.32 Å². The first kappa shape index (κ1) is 71.8. The third-order valence-electron chi connectivity index (χ3n) is 16.0. The first-order valence-corrected chi connectivity index (χ1v) is 33.6. The second-order valence-corrected chi connectivity index (χ2v) is 23.4. The molecule has 3 atom stereocenters. The van der Waals surface area contributed by atoms with Gasteiger partial charge >= 0.3 is 0 Å². The molecule has 3 unspecified atom stereocenters. The average Bonchev–Trinajstić information content (AvgIpc) is 3.40. The van der Waals surface area contributed by atoms with Gasteiger partial charge in [-0.25, -0.2) is 0 Å². The van der Waals surface area contributed by atoms with Crippen LogP contribution >= 0.6 is 0 Å². The zero-order valence-corrected chi connectivity index (χ0v) is 49.8. The molecular formula is C68H133NO4. The number of carbonyl (C=O) groups is 1. The molecule has 0 aromatic carbocycles. The predicted molar refractivity (Wildman–Crippen MR) is 324 cm³/mol. The van der Waals surface area contributed by atoms with E-state index >= 15 is 0 Å². The van der Waals surface area contributed by atoms with Gasteiger partial charge in [-0.2, -0.15) is 0 Å². The molecule has 0 spiro atoms. The fourth-order valence-electron chi connectivity index (χ4n) is 10.9. The average molecular weight is 1030 g/mol. The molecule has 0 saturated carbocycles. The number of unbranched alkanes of at least 4 members (excludes halogenated alkanes) is 51. The minimum absolute atomic E-state index is 0.150. The van der Waals surface area contributed by atoms with E-state index in [1.165, 1.54) is 308 Å². The molecule has 0 aliphatic carbocycles. The van der Waals surface area contributed by atoms with E-state index in [-0.39, 0.29) is 12.5 Å². The molecule has 5 heteroatoms. The smallest absolute Gasteiger partial charge is 0.220 e. The summed E-state index contributed by atoms with van der Waals surface area (Å²) in [5.74, 6) is -0.150. The Labute approximate surface area is 458 Å². The number of aliphatic hydroxyl groups is 3. The van der Waals surface area contributed by atoms with Gasteiger partial charge < -0.3 is 20.6 Å². The zero-order valence-electron chi connectivity index (χ0n) is 49.8. The lowest BCUT2D eigenvalue weighted by atomic mass is 10.0. The van der Waals surface area contributed by atoms with E-state index in [1.54, 1.807) is 0 Å². The van der Waals surface area contributed by atoms with Gasteiger partial charge in [-0.1, -0.05) is 346 Å². The van der Waals surface area contributed by atoms with Gasteiger partial charge in [0, 0.05) is 6.42 Å². The summed E-state index contributed by atoms with van der Waals surface area (Å²) in [5, 5.41) is 33.8. The lowest BCUT2D eigenvalue weighted by Crippen LogP contribution is -2.50. The molecule has 5 nitrogen and oxygen atoms in total. The summed E-state index contributed by atoms with van der Waals surface area (Å²) in [7, 11) is 0. The number of carbonyl (C=O) groups excluding carboxylic acids is 1. The number of aliphatic hydroxyl groups excluding tert-OH is 3. The Morgan fingerprint density at radius 1 is 0.329 bits per heavy atom. The van der Waals surface area contributed by atoms with Crippen molar-refractivity contribution in [3.63, 3.8) is 0 Å². The molecule has 4 N–H and O–H groups in total. The standard InChI is InChI=1S/C68H133NO4/c1-3-5-7-9-11-13-15-17-19-21-23-25-27-28-29-30-31-32-33-34-35-36-37-38-39-40-41-43-45-47-49-51-53-55-57-59-61-63-67(72)69-65(64-70)68(73)66(71)62-60-58-56-54-52-50-48-46-44-42-26-24-22-20-18-16-14-12-10-8-6-4-2/h46,48,54,56,65-66,68,70-71,73H,3-45,47,49-53,55,57-64H2,1-2H3,(H,69,72)/b48-46+,56-54+. The summed E-state index contributed by atoms with van der Waals surface area (Å²) in [4.78, 5) is 12.6. The maximum atomic E-state index is 12.6. The molecule has 434 valence electrons. The van der Waals surface area contributed by atoms with Crippen LogP contribution in [0, 0.1) is 0 Å². The maximum Gasteiger partial charge on any atom is 0.220 e. The SMILES string of the molecule is CCCCCCCCCCCCCCC/C=C/CC/C=C/CCCC(O)C(O)C(CO)NC(=O)CCCCCCCCCCCCCCCCCCCCCCCCCCCCCCCCCCCCCCC. The van der Waals surface area contributed by atoms with E-state index in [0.717, 1.165) is 44.9 Å². The van der Waals surface area contributed by atoms with E-state index in [1.807, 2.05) is 0 Å². The van der Waals surface area contributed by atoms with Crippen molar-refractivity contribution in [2.24, 2.45) is 0 Å². The molecule has 0 aromatic heterocycles. The lowest BCUT2D eigenvalue weighted by molar-refractivity contribution is -0.124. The molecule has 0 aromatic rings. The van der Waals surface area contributed by atoms with Crippen LogP contribution in [0.4, 0.5) is 0 Å². The van der Waals surface area contributed by atoms with Crippen LogP contribution in [0.15, 0.2) is 24.3 Å². The zero-order chi connectivity index (χ0) is 52.9. The van der Waals surface area contributed by atoms with E-state index in [2.05, 4.69) is 43.5 Å². The number of allylic oxidation sites excluding steroid dienone is 4. The van der Waals surface area contributed by atoms with Crippen LogP contribution in [-0.2, 0) is 4.79 Å². The Bertz CT molecular complexity index is 1090. The first-order chi connectivity index (χ1) is 36.1. The van der Waals surface area contributed by atoms with Crippen LogP contribution in [0.5, 0.6) is 0 Å². The van der Waals surface area contributed by atoms with Crippen molar-refractivity contribution < 1.29 is 20.1 Å². The van der Waals surface area contributed by atoms with Crippen LogP contribution < -0.4 is 5.32 Å². The normalized spacial score (nSPS) is 13.2.